The van der Waals surface area contributed by atoms with Crippen molar-refractivity contribution >= 4 is 62.8 Å². The lowest BCUT2D eigenvalue weighted by Gasteiger charge is -2.12. The van der Waals surface area contributed by atoms with Gasteiger partial charge in [-0.05, 0) is 57.9 Å². The van der Waals surface area contributed by atoms with Crippen LogP contribution in [0.15, 0.2) is 70.7 Å². The number of benzene rings is 3. The first-order valence-electron chi connectivity index (χ1n) is 9.41. The predicted octanol–water partition coefficient (Wildman–Crippen LogP) is 6.58. The number of hydrogen-bond acceptors (Lipinski definition) is 4. The first kappa shape index (κ1) is 24.3. The second-order valence-electron chi connectivity index (χ2n) is 6.67. The Bertz CT molecular complexity index is 1280. The molecule has 166 valence electrons. The number of rotatable bonds is 7. The summed E-state index contributed by atoms with van der Waals surface area (Å²) < 4.78 is 6.31. The average molecular weight is 546 g/mol. The first-order chi connectivity index (χ1) is 15.8. The van der Waals surface area contributed by atoms with Gasteiger partial charge in [0.1, 0.15) is 18.2 Å². The molecule has 1 amide bonds. The quantitative estimate of drug-likeness (QED) is 0.258. The molecule has 0 aliphatic heterocycles. The lowest BCUT2D eigenvalue weighted by atomic mass is 10.1. The van der Waals surface area contributed by atoms with Gasteiger partial charge in [-0.15, -0.1) is 0 Å². The Morgan fingerprint density at radius 3 is 2.45 bits per heavy atom. The Morgan fingerprint density at radius 2 is 1.79 bits per heavy atom. The van der Waals surface area contributed by atoms with Gasteiger partial charge in [-0.2, -0.15) is 5.26 Å². The van der Waals surface area contributed by atoms with Gasteiger partial charge in [0.15, 0.2) is 5.75 Å². The Labute approximate surface area is 208 Å². The topological polar surface area (TPSA) is 99.4 Å². The zero-order valence-electron chi connectivity index (χ0n) is 16.8. The summed E-state index contributed by atoms with van der Waals surface area (Å²) in [4.78, 5) is 23.9. The van der Waals surface area contributed by atoms with Crippen molar-refractivity contribution in [1.29, 1.82) is 5.26 Å². The van der Waals surface area contributed by atoms with Crippen molar-refractivity contribution in [2.45, 2.75) is 6.61 Å². The molecule has 0 atom stereocenters. The minimum Gasteiger partial charge on any atom is -0.486 e. The maximum absolute atomic E-state index is 12.6. The second-order valence-corrected chi connectivity index (χ2v) is 8.34. The number of carbonyl (C=O) groups is 2. The summed E-state index contributed by atoms with van der Waals surface area (Å²) in [5, 5.41) is 22.0. The summed E-state index contributed by atoms with van der Waals surface area (Å²) in [6, 6.07) is 18.2. The average Bonchev–Trinajstić information content (AvgIpc) is 2.78. The van der Waals surface area contributed by atoms with Crippen molar-refractivity contribution < 1.29 is 19.4 Å². The number of aromatic carboxylic acids is 1. The van der Waals surface area contributed by atoms with E-state index < -0.39 is 11.9 Å². The van der Waals surface area contributed by atoms with Crippen LogP contribution in [-0.4, -0.2) is 17.0 Å². The Kier molecular flexibility index (Phi) is 8.12. The fourth-order valence-electron chi connectivity index (χ4n) is 2.85. The van der Waals surface area contributed by atoms with Crippen molar-refractivity contribution in [3.63, 3.8) is 0 Å². The van der Waals surface area contributed by atoms with E-state index in [9.17, 15) is 20.0 Å². The lowest BCUT2D eigenvalue weighted by Crippen LogP contribution is -2.16. The monoisotopic (exact) mass is 544 g/mol. The molecule has 2 N–H and O–H groups in total. The summed E-state index contributed by atoms with van der Waals surface area (Å²) in [6.07, 6.45) is 1.34. The molecule has 0 spiro atoms. The number of amides is 1. The van der Waals surface area contributed by atoms with E-state index in [0.717, 1.165) is 5.56 Å². The number of anilines is 1. The highest BCUT2D eigenvalue weighted by atomic mass is 79.9. The molecule has 0 aromatic heterocycles. The predicted molar refractivity (Wildman–Crippen MR) is 131 cm³/mol. The van der Waals surface area contributed by atoms with E-state index in [2.05, 4.69) is 21.2 Å². The van der Waals surface area contributed by atoms with Crippen molar-refractivity contribution in [2.24, 2.45) is 0 Å². The minimum absolute atomic E-state index is 0.0821. The standard InChI is InChI=1S/C24H15BrCl2N2O4/c25-18-10-14(11-20(27)22(18)33-13-15-5-1-3-7-19(15)26)9-16(12-28)23(30)29-21-8-4-2-6-17(21)24(31)32/h1-11H,13H2,(H,29,30)(H,31,32)/b16-9+. The maximum Gasteiger partial charge on any atom is 0.337 e. The number of hydrogen-bond donors (Lipinski definition) is 2. The van der Waals surface area contributed by atoms with E-state index in [1.807, 2.05) is 24.3 Å². The summed E-state index contributed by atoms with van der Waals surface area (Å²) in [5.74, 6) is -1.57. The van der Waals surface area contributed by atoms with Gasteiger partial charge in [0.2, 0.25) is 0 Å². The number of nitrogens with one attached hydrogen (secondary N) is 1. The zero-order chi connectivity index (χ0) is 24.0. The van der Waals surface area contributed by atoms with Crippen LogP contribution >= 0.6 is 39.1 Å². The molecule has 0 radical (unpaired) electrons. The van der Waals surface area contributed by atoms with Gasteiger partial charge in [-0.3, -0.25) is 4.79 Å². The molecule has 0 fully saturated rings. The second kappa shape index (κ2) is 11.0. The smallest absolute Gasteiger partial charge is 0.337 e. The van der Waals surface area contributed by atoms with Crippen LogP contribution in [0.2, 0.25) is 10.0 Å². The number of ether oxygens (including phenoxy) is 1. The molecule has 3 aromatic carbocycles. The van der Waals surface area contributed by atoms with Gasteiger partial charge in [0, 0.05) is 10.6 Å². The number of nitrogens with zero attached hydrogens (tertiary/aromatic N) is 1. The molecule has 0 heterocycles. The molecule has 3 rings (SSSR count). The van der Waals surface area contributed by atoms with Gasteiger partial charge in [-0.1, -0.05) is 53.5 Å². The molecule has 6 nitrogen and oxygen atoms in total. The zero-order valence-corrected chi connectivity index (χ0v) is 19.9. The first-order valence-corrected chi connectivity index (χ1v) is 11.0. The van der Waals surface area contributed by atoms with Crippen LogP contribution in [0.1, 0.15) is 21.5 Å². The van der Waals surface area contributed by atoms with Crippen molar-refractivity contribution in [1.82, 2.24) is 0 Å². The van der Waals surface area contributed by atoms with Crippen LogP contribution in [0.25, 0.3) is 6.08 Å². The van der Waals surface area contributed by atoms with E-state index >= 15 is 0 Å². The molecule has 0 unspecified atom stereocenters. The molecule has 0 saturated heterocycles. The van der Waals surface area contributed by atoms with Crippen LogP contribution in [0.3, 0.4) is 0 Å². The summed E-state index contributed by atoms with van der Waals surface area (Å²) in [7, 11) is 0. The highest BCUT2D eigenvalue weighted by Gasteiger charge is 2.16. The minimum atomic E-state index is -1.20. The number of carboxylic acid groups (broad SMARTS) is 1. The molecule has 33 heavy (non-hydrogen) atoms. The third-order valence-electron chi connectivity index (χ3n) is 4.43. The fourth-order valence-corrected chi connectivity index (χ4v) is 4.03. The van der Waals surface area contributed by atoms with Crippen LogP contribution in [0, 0.1) is 11.3 Å². The van der Waals surface area contributed by atoms with E-state index in [1.54, 1.807) is 24.3 Å². The molecule has 0 aliphatic carbocycles. The van der Waals surface area contributed by atoms with Crippen LogP contribution in [0.4, 0.5) is 5.69 Å². The van der Waals surface area contributed by atoms with Gasteiger partial charge >= 0.3 is 5.97 Å². The molecular weight excluding hydrogens is 531 g/mol. The maximum atomic E-state index is 12.6. The van der Waals surface area contributed by atoms with Crippen molar-refractivity contribution in [3.05, 3.63) is 97.4 Å². The van der Waals surface area contributed by atoms with E-state index in [4.69, 9.17) is 27.9 Å². The molecule has 0 saturated carbocycles. The van der Waals surface area contributed by atoms with E-state index in [0.29, 0.717) is 20.8 Å². The molecular formula is C24H15BrCl2N2O4. The Hall–Kier alpha value is -3.31. The molecule has 3 aromatic rings. The van der Waals surface area contributed by atoms with Gasteiger partial charge in [0.25, 0.3) is 5.91 Å². The number of carboxylic acids is 1. The Balaban J connectivity index is 1.81. The van der Waals surface area contributed by atoms with Gasteiger partial charge in [-0.25, -0.2) is 4.79 Å². The fraction of sp³-hybridized carbons (Fsp3) is 0.0417. The number of nitriles is 1. The lowest BCUT2D eigenvalue weighted by molar-refractivity contribution is -0.112. The molecule has 0 bridgehead atoms. The van der Waals surface area contributed by atoms with Crippen LogP contribution in [-0.2, 0) is 11.4 Å². The Morgan fingerprint density at radius 1 is 1.09 bits per heavy atom. The normalized spacial score (nSPS) is 10.9. The van der Waals surface area contributed by atoms with E-state index in [-0.39, 0.29) is 28.5 Å². The number of para-hydroxylation sites is 1. The van der Waals surface area contributed by atoms with Crippen LogP contribution < -0.4 is 10.1 Å². The van der Waals surface area contributed by atoms with Gasteiger partial charge < -0.3 is 15.2 Å². The molecule has 0 aliphatic rings. The SMILES string of the molecule is N#C/C(=C\c1cc(Cl)c(OCc2ccccc2Cl)c(Br)c1)C(=O)Nc1ccccc1C(=O)O. The van der Waals surface area contributed by atoms with Crippen LogP contribution in [0.5, 0.6) is 5.75 Å². The highest BCUT2D eigenvalue weighted by Crippen LogP contribution is 2.36. The highest BCUT2D eigenvalue weighted by molar-refractivity contribution is 9.10. The number of halogens is 3. The van der Waals surface area contributed by atoms with Crippen molar-refractivity contribution in [2.75, 3.05) is 5.32 Å². The summed E-state index contributed by atoms with van der Waals surface area (Å²) >= 11 is 15.9. The largest absolute Gasteiger partial charge is 0.486 e. The summed E-state index contributed by atoms with van der Waals surface area (Å²) in [5.41, 5.74) is 1.02. The molecule has 9 heteroatoms. The summed E-state index contributed by atoms with van der Waals surface area (Å²) in [6.45, 7) is 0.196. The van der Waals surface area contributed by atoms with Crippen molar-refractivity contribution in [3.8, 4) is 11.8 Å². The van der Waals surface area contributed by atoms with Gasteiger partial charge in [0.05, 0.1) is 20.7 Å². The van der Waals surface area contributed by atoms with E-state index in [1.165, 1.54) is 24.3 Å². The number of carbonyl (C=O) groups excluding carboxylic acids is 1. The third-order valence-corrected chi connectivity index (χ3v) is 5.67. The third kappa shape index (κ3) is 6.14.